The third-order valence-electron chi connectivity index (χ3n) is 3.89. The Hall–Kier alpha value is -1.18. The number of benzene rings is 1. The van der Waals surface area contributed by atoms with Crippen molar-refractivity contribution in [1.82, 2.24) is 0 Å². The SMILES string of the molecule is CCCCN(CCCC)c1cccc(N(CC)CC)c1. The molecule has 0 saturated carbocycles. The quantitative estimate of drug-likeness (QED) is 0.597. The first kappa shape index (κ1) is 16.9. The smallest absolute Gasteiger partial charge is 0.0386 e. The molecule has 20 heavy (non-hydrogen) atoms. The molecule has 0 atom stereocenters. The number of hydrogen-bond donors (Lipinski definition) is 0. The summed E-state index contributed by atoms with van der Waals surface area (Å²) in [7, 11) is 0. The number of hydrogen-bond acceptors (Lipinski definition) is 2. The Morgan fingerprint density at radius 3 is 1.70 bits per heavy atom. The molecule has 0 aliphatic carbocycles. The second-order valence-electron chi connectivity index (χ2n) is 5.39. The minimum Gasteiger partial charge on any atom is -0.372 e. The first-order valence-electron chi connectivity index (χ1n) is 8.36. The Labute approximate surface area is 125 Å². The van der Waals surface area contributed by atoms with Gasteiger partial charge in [-0.25, -0.2) is 0 Å². The second kappa shape index (κ2) is 9.68. The molecule has 0 amide bonds. The van der Waals surface area contributed by atoms with Crippen LogP contribution >= 0.6 is 0 Å². The summed E-state index contributed by atoms with van der Waals surface area (Å²) in [6.07, 6.45) is 5.08. The zero-order chi connectivity index (χ0) is 14.8. The monoisotopic (exact) mass is 276 g/mol. The number of unbranched alkanes of at least 4 members (excludes halogenated alkanes) is 2. The van der Waals surface area contributed by atoms with Crippen LogP contribution in [0.15, 0.2) is 24.3 Å². The molecule has 0 aliphatic heterocycles. The summed E-state index contributed by atoms with van der Waals surface area (Å²) in [5.74, 6) is 0. The average molecular weight is 276 g/mol. The summed E-state index contributed by atoms with van der Waals surface area (Å²) in [5, 5.41) is 0. The van der Waals surface area contributed by atoms with E-state index in [1.54, 1.807) is 0 Å². The molecule has 0 radical (unpaired) electrons. The fraction of sp³-hybridized carbons (Fsp3) is 0.667. The van der Waals surface area contributed by atoms with Crippen molar-refractivity contribution in [3.63, 3.8) is 0 Å². The number of rotatable bonds is 10. The topological polar surface area (TPSA) is 6.48 Å². The van der Waals surface area contributed by atoms with Crippen LogP contribution in [-0.2, 0) is 0 Å². The highest BCUT2D eigenvalue weighted by atomic mass is 15.1. The number of nitrogens with zero attached hydrogens (tertiary/aromatic N) is 2. The van der Waals surface area contributed by atoms with Crippen LogP contribution in [0.1, 0.15) is 53.4 Å². The van der Waals surface area contributed by atoms with Crippen molar-refractivity contribution >= 4 is 11.4 Å². The summed E-state index contributed by atoms with van der Waals surface area (Å²) in [6.45, 7) is 13.5. The van der Waals surface area contributed by atoms with Gasteiger partial charge in [-0.05, 0) is 44.9 Å². The molecule has 0 aromatic heterocycles. The summed E-state index contributed by atoms with van der Waals surface area (Å²) in [5.41, 5.74) is 2.74. The number of anilines is 2. The van der Waals surface area contributed by atoms with E-state index in [-0.39, 0.29) is 0 Å². The Kier molecular flexibility index (Phi) is 8.17. The van der Waals surface area contributed by atoms with Crippen molar-refractivity contribution in [3.05, 3.63) is 24.3 Å². The van der Waals surface area contributed by atoms with Gasteiger partial charge in [0.1, 0.15) is 0 Å². The van der Waals surface area contributed by atoms with E-state index in [2.05, 4.69) is 61.8 Å². The van der Waals surface area contributed by atoms with E-state index in [4.69, 9.17) is 0 Å². The molecular formula is C18H32N2. The van der Waals surface area contributed by atoms with Gasteiger partial charge in [-0.2, -0.15) is 0 Å². The lowest BCUT2D eigenvalue weighted by molar-refractivity contribution is 0.678. The Morgan fingerprint density at radius 2 is 1.25 bits per heavy atom. The minimum absolute atomic E-state index is 1.07. The van der Waals surface area contributed by atoms with E-state index in [9.17, 15) is 0 Å². The van der Waals surface area contributed by atoms with Crippen LogP contribution in [0, 0.1) is 0 Å². The standard InChI is InChI=1S/C18H32N2/c1-5-9-14-20(15-10-6-2)18-13-11-12-17(16-18)19(7-3)8-4/h11-13,16H,5-10,14-15H2,1-4H3. The van der Waals surface area contributed by atoms with Crippen LogP contribution in [-0.4, -0.2) is 26.2 Å². The molecule has 1 aromatic carbocycles. The fourth-order valence-electron chi connectivity index (χ4n) is 2.54. The third-order valence-corrected chi connectivity index (χ3v) is 3.89. The largest absolute Gasteiger partial charge is 0.372 e. The van der Waals surface area contributed by atoms with Crippen LogP contribution in [0.2, 0.25) is 0 Å². The van der Waals surface area contributed by atoms with E-state index < -0.39 is 0 Å². The van der Waals surface area contributed by atoms with Crippen LogP contribution in [0.3, 0.4) is 0 Å². The summed E-state index contributed by atoms with van der Waals surface area (Å²) >= 11 is 0. The zero-order valence-electron chi connectivity index (χ0n) is 13.9. The molecule has 0 bridgehead atoms. The minimum atomic E-state index is 1.07. The lowest BCUT2D eigenvalue weighted by Gasteiger charge is -2.27. The molecule has 0 fully saturated rings. The van der Waals surface area contributed by atoms with Crippen LogP contribution in [0.25, 0.3) is 0 Å². The van der Waals surface area contributed by atoms with Gasteiger partial charge in [0.2, 0.25) is 0 Å². The van der Waals surface area contributed by atoms with E-state index in [0.717, 1.165) is 13.1 Å². The van der Waals surface area contributed by atoms with Crippen LogP contribution < -0.4 is 9.80 Å². The first-order valence-corrected chi connectivity index (χ1v) is 8.36. The van der Waals surface area contributed by atoms with E-state index in [1.165, 1.54) is 50.1 Å². The summed E-state index contributed by atoms with van der Waals surface area (Å²) in [6, 6.07) is 9.05. The molecule has 114 valence electrons. The molecule has 2 nitrogen and oxygen atoms in total. The maximum absolute atomic E-state index is 2.56. The van der Waals surface area contributed by atoms with Gasteiger partial charge >= 0.3 is 0 Å². The molecule has 0 N–H and O–H groups in total. The maximum atomic E-state index is 2.56. The van der Waals surface area contributed by atoms with Gasteiger partial charge in [-0.1, -0.05) is 32.8 Å². The van der Waals surface area contributed by atoms with Crippen molar-refractivity contribution in [2.45, 2.75) is 53.4 Å². The highest BCUT2D eigenvalue weighted by molar-refractivity contribution is 5.59. The maximum Gasteiger partial charge on any atom is 0.0386 e. The fourth-order valence-corrected chi connectivity index (χ4v) is 2.54. The Morgan fingerprint density at radius 1 is 0.750 bits per heavy atom. The zero-order valence-corrected chi connectivity index (χ0v) is 13.9. The molecular weight excluding hydrogens is 244 g/mol. The van der Waals surface area contributed by atoms with Crippen molar-refractivity contribution in [3.8, 4) is 0 Å². The van der Waals surface area contributed by atoms with Crippen LogP contribution in [0.4, 0.5) is 11.4 Å². The lowest BCUT2D eigenvalue weighted by Crippen LogP contribution is -2.26. The van der Waals surface area contributed by atoms with Crippen molar-refractivity contribution in [2.75, 3.05) is 36.0 Å². The first-order chi connectivity index (χ1) is 9.76. The predicted molar refractivity (Wildman–Crippen MR) is 92.0 cm³/mol. The van der Waals surface area contributed by atoms with Gasteiger partial charge in [0, 0.05) is 37.6 Å². The van der Waals surface area contributed by atoms with Gasteiger partial charge < -0.3 is 9.80 Å². The van der Waals surface area contributed by atoms with Crippen molar-refractivity contribution in [1.29, 1.82) is 0 Å². The van der Waals surface area contributed by atoms with Crippen molar-refractivity contribution in [2.24, 2.45) is 0 Å². The molecule has 0 unspecified atom stereocenters. The third kappa shape index (κ3) is 5.07. The normalized spacial score (nSPS) is 10.6. The molecule has 0 spiro atoms. The molecule has 0 heterocycles. The van der Waals surface area contributed by atoms with Gasteiger partial charge in [0.05, 0.1) is 0 Å². The van der Waals surface area contributed by atoms with Crippen molar-refractivity contribution < 1.29 is 0 Å². The predicted octanol–water partition coefficient (Wildman–Crippen LogP) is 4.94. The molecule has 2 heteroatoms. The lowest BCUT2D eigenvalue weighted by atomic mass is 10.2. The highest BCUT2D eigenvalue weighted by Crippen LogP contribution is 2.23. The van der Waals surface area contributed by atoms with E-state index in [0.29, 0.717) is 0 Å². The summed E-state index contributed by atoms with van der Waals surface area (Å²) < 4.78 is 0. The summed E-state index contributed by atoms with van der Waals surface area (Å²) in [4.78, 5) is 4.97. The second-order valence-corrected chi connectivity index (χ2v) is 5.39. The highest BCUT2D eigenvalue weighted by Gasteiger charge is 2.08. The molecule has 1 aromatic rings. The molecule has 1 rings (SSSR count). The van der Waals surface area contributed by atoms with Gasteiger partial charge in [0.25, 0.3) is 0 Å². The average Bonchev–Trinajstić information content (AvgIpc) is 2.49. The Balaban J connectivity index is 2.85. The van der Waals surface area contributed by atoms with Gasteiger partial charge in [0.15, 0.2) is 0 Å². The van der Waals surface area contributed by atoms with E-state index >= 15 is 0 Å². The molecule has 0 saturated heterocycles. The Bertz CT molecular complexity index is 350. The van der Waals surface area contributed by atoms with Gasteiger partial charge in [-0.15, -0.1) is 0 Å². The van der Waals surface area contributed by atoms with E-state index in [1.807, 2.05) is 0 Å². The molecule has 0 aliphatic rings. The van der Waals surface area contributed by atoms with Gasteiger partial charge in [-0.3, -0.25) is 0 Å². The van der Waals surface area contributed by atoms with Crippen LogP contribution in [0.5, 0.6) is 0 Å².